The van der Waals surface area contributed by atoms with Gasteiger partial charge in [0, 0.05) is 17.3 Å². The number of carbonyl (C=O) groups excluding carboxylic acids is 1. The van der Waals surface area contributed by atoms with Crippen LogP contribution in [0.15, 0.2) is 34.1 Å². The van der Waals surface area contributed by atoms with Crippen molar-refractivity contribution >= 4 is 45.3 Å². The van der Waals surface area contributed by atoms with Crippen LogP contribution >= 0.6 is 34.4 Å². The predicted molar refractivity (Wildman–Crippen MR) is 108 cm³/mol. The normalized spacial score (nSPS) is 14.7. The van der Waals surface area contributed by atoms with Gasteiger partial charge >= 0.3 is 0 Å². The molecule has 138 valence electrons. The molecule has 1 aliphatic carbocycles. The van der Waals surface area contributed by atoms with Gasteiger partial charge in [-0.2, -0.15) is 5.26 Å². The number of hydrogen-bond acceptors (Lipinski definition) is 7. The summed E-state index contributed by atoms with van der Waals surface area (Å²) >= 11 is 4.49. The molecule has 1 amide bonds. The van der Waals surface area contributed by atoms with E-state index in [2.05, 4.69) is 37.6 Å². The highest BCUT2D eigenvalue weighted by atomic mass is 32.2. The lowest BCUT2D eigenvalue weighted by Crippen LogP contribution is -2.22. The Kier molecular flexibility index (Phi) is 5.29. The zero-order chi connectivity index (χ0) is 18.8. The summed E-state index contributed by atoms with van der Waals surface area (Å²) in [4.78, 5) is 13.8. The first-order chi connectivity index (χ1) is 13.2. The van der Waals surface area contributed by atoms with Crippen molar-refractivity contribution in [3.63, 3.8) is 0 Å². The number of hydrogen-bond donors (Lipinski definition) is 1. The molecular weight excluding hydrogens is 398 g/mol. The van der Waals surface area contributed by atoms with E-state index in [0.29, 0.717) is 16.6 Å². The molecular formula is C18H17N5OS3. The van der Waals surface area contributed by atoms with Crippen molar-refractivity contribution in [2.45, 2.75) is 42.6 Å². The molecule has 3 aromatic heterocycles. The van der Waals surface area contributed by atoms with Gasteiger partial charge in [0.2, 0.25) is 5.91 Å². The second kappa shape index (κ2) is 7.84. The number of thioether (sulfide) groups is 1. The third kappa shape index (κ3) is 4.08. The van der Waals surface area contributed by atoms with E-state index < -0.39 is 0 Å². The largest absolute Gasteiger partial charge is 0.316 e. The molecule has 1 saturated carbocycles. The minimum absolute atomic E-state index is 0.135. The third-order valence-electron chi connectivity index (χ3n) is 4.23. The summed E-state index contributed by atoms with van der Waals surface area (Å²) in [6.07, 6.45) is 3.03. The molecule has 0 bridgehead atoms. The summed E-state index contributed by atoms with van der Waals surface area (Å²) in [6, 6.07) is 8.38. The molecule has 1 N–H and O–H groups in total. The standard InChI is InChI=1S/C18H17N5OS3/c1-11(16(24)20-17-12(10-19)6-8-26-17)27-18-22-21-15(23(18)13-4-5-13)9-14-3-2-7-25-14/h2-3,6-8,11,13H,4-5,9H2,1H3,(H,20,24)/t11-/m0/s1. The van der Waals surface area contributed by atoms with Crippen molar-refractivity contribution in [3.8, 4) is 6.07 Å². The fourth-order valence-electron chi connectivity index (χ4n) is 2.70. The Morgan fingerprint density at radius 2 is 2.26 bits per heavy atom. The molecule has 1 fully saturated rings. The Hall–Kier alpha value is -2.15. The average Bonchev–Trinajstić information content (AvgIpc) is 3.05. The van der Waals surface area contributed by atoms with Gasteiger partial charge in [-0.15, -0.1) is 32.9 Å². The number of nitriles is 1. The van der Waals surface area contributed by atoms with Crippen LogP contribution < -0.4 is 5.32 Å². The van der Waals surface area contributed by atoms with Gasteiger partial charge in [-0.1, -0.05) is 17.8 Å². The van der Waals surface area contributed by atoms with E-state index in [9.17, 15) is 4.79 Å². The highest BCUT2D eigenvalue weighted by Crippen LogP contribution is 2.40. The summed E-state index contributed by atoms with van der Waals surface area (Å²) in [5, 5.41) is 25.6. The minimum Gasteiger partial charge on any atom is -0.316 e. The van der Waals surface area contributed by atoms with Crippen LogP contribution in [-0.4, -0.2) is 25.9 Å². The molecule has 3 heterocycles. The number of carbonyl (C=O) groups is 1. The highest BCUT2D eigenvalue weighted by molar-refractivity contribution is 8.00. The number of thiophene rings is 2. The molecule has 0 aliphatic heterocycles. The maximum atomic E-state index is 12.6. The summed E-state index contributed by atoms with van der Waals surface area (Å²) < 4.78 is 2.19. The molecule has 0 aromatic carbocycles. The molecule has 1 atom stereocenters. The maximum absolute atomic E-state index is 12.6. The van der Waals surface area contributed by atoms with Gasteiger partial charge in [0.15, 0.2) is 5.16 Å². The van der Waals surface area contributed by atoms with E-state index in [1.807, 2.05) is 13.0 Å². The van der Waals surface area contributed by atoms with Crippen LogP contribution in [0, 0.1) is 11.3 Å². The van der Waals surface area contributed by atoms with E-state index in [1.54, 1.807) is 22.8 Å². The number of nitrogens with one attached hydrogen (secondary N) is 1. The zero-order valence-corrected chi connectivity index (χ0v) is 17.0. The fourth-order valence-corrected chi connectivity index (χ4v) is 5.08. The average molecular weight is 416 g/mol. The first-order valence-electron chi connectivity index (χ1n) is 8.57. The molecule has 9 heteroatoms. The van der Waals surface area contributed by atoms with Crippen molar-refractivity contribution in [1.29, 1.82) is 5.26 Å². The molecule has 0 unspecified atom stereocenters. The van der Waals surface area contributed by atoms with Crippen molar-refractivity contribution in [1.82, 2.24) is 14.8 Å². The Bertz CT molecular complexity index is 981. The predicted octanol–water partition coefficient (Wildman–Crippen LogP) is 4.32. The van der Waals surface area contributed by atoms with E-state index >= 15 is 0 Å². The zero-order valence-electron chi connectivity index (χ0n) is 14.6. The lowest BCUT2D eigenvalue weighted by Gasteiger charge is -2.13. The van der Waals surface area contributed by atoms with Gasteiger partial charge < -0.3 is 9.88 Å². The lowest BCUT2D eigenvalue weighted by atomic mass is 10.3. The van der Waals surface area contributed by atoms with E-state index in [4.69, 9.17) is 5.26 Å². The van der Waals surface area contributed by atoms with Gasteiger partial charge in [-0.25, -0.2) is 0 Å². The van der Waals surface area contributed by atoms with Crippen LogP contribution in [0.4, 0.5) is 5.00 Å². The number of rotatable bonds is 7. The van der Waals surface area contributed by atoms with Crippen molar-refractivity contribution in [3.05, 3.63) is 45.2 Å². The fraction of sp³-hybridized carbons (Fsp3) is 0.333. The SMILES string of the molecule is C[C@H](Sc1nnc(Cc2cccs2)n1C1CC1)C(=O)Nc1sccc1C#N. The number of aromatic nitrogens is 3. The molecule has 1 aliphatic rings. The molecule has 27 heavy (non-hydrogen) atoms. The Labute approximate surface area is 169 Å². The summed E-state index contributed by atoms with van der Waals surface area (Å²) in [5.41, 5.74) is 0.491. The van der Waals surface area contributed by atoms with Gasteiger partial charge in [0.05, 0.1) is 10.8 Å². The summed E-state index contributed by atoms with van der Waals surface area (Å²) in [5.74, 6) is 0.823. The molecule has 0 radical (unpaired) electrons. The van der Waals surface area contributed by atoms with E-state index in [-0.39, 0.29) is 11.2 Å². The van der Waals surface area contributed by atoms with Crippen LogP contribution in [0.25, 0.3) is 0 Å². The second-order valence-corrected chi connectivity index (χ2v) is 9.54. The first kappa shape index (κ1) is 18.2. The lowest BCUT2D eigenvalue weighted by molar-refractivity contribution is -0.115. The van der Waals surface area contributed by atoms with Crippen molar-refractivity contribution in [2.75, 3.05) is 5.32 Å². The number of nitrogens with zero attached hydrogens (tertiary/aromatic N) is 4. The van der Waals surface area contributed by atoms with E-state index in [0.717, 1.165) is 30.2 Å². The Balaban J connectivity index is 1.48. The third-order valence-corrected chi connectivity index (χ3v) is 7.00. The Morgan fingerprint density at radius 3 is 2.96 bits per heavy atom. The maximum Gasteiger partial charge on any atom is 0.238 e. The first-order valence-corrected chi connectivity index (χ1v) is 11.2. The molecule has 4 rings (SSSR count). The van der Waals surface area contributed by atoms with Crippen LogP contribution in [-0.2, 0) is 11.2 Å². The molecule has 0 spiro atoms. The summed E-state index contributed by atoms with van der Waals surface area (Å²) in [7, 11) is 0. The smallest absolute Gasteiger partial charge is 0.238 e. The minimum atomic E-state index is -0.338. The van der Waals surface area contributed by atoms with E-state index in [1.165, 1.54) is 28.0 Å². The van der Waals surface area contributed by atoms with Gasteiger partial charge in [-0.05, 0) is 42.7 Å². The van der Waals surface area contributed by atoms with Gasteiger partial charge in [0.1, 0.15) is 16.9 Å². The monoisotopic (exact) mass is 415 g/mol. The van der Waals surface area contributed by atoms with Crippen LogP contribution in [0.3, 0.4) is 0 Å². The molecule has 0 saturated heterocycles. The topological polar surface area (TPSA) is 83.6 Å². The molecule has 3 aromatic rings. The van der Waals surface area contributed by atoms with Crippen LogP contribution in [0.1, 0.15) is 42.1 Å². The quantitative estimate of drug-likeness (QED) is 0.581. The van der Waals surface area contributed by atoms with Crippen LogP contribution in [0.5, 0.6) is 0 Å². The second-order valence-electron chi connectivity index (χ2n) is 6.28. The highest BCUT2D eigenvalue weighted by Gasteiger charge is 2.31. The molecule has 6 nitrogen and oxygen atoms in total. The van der Waals surface area contributed by atoms with Crippen LogP contribution in [0.2, 0.25) is 0 Å². The van der Waals surface area contributed by atoms with Crippen molar-refractivity contribution < 1.29 is 4.79 Å². The summed E-state index contributed by atoms with van der Waals surface area (Å²) in [6.45, 7) is 1.85. The van der Waals surface area contributed by atoms with Gasteiger partial charge in [-0.3, -0.25) is 4.79 Å². The van der Waals surface area contributed by atoms with Crippen molar-refractivity contribution in [2.24, 2.45) is 0 Å². The number of anilines is 1. The number of amides is 1. The Morgan fingerprint density at radius 1 is 1.41 bits per heavy atom. The van der Waals surface area contributed by atoms with Gasteiger partial charge in [0.25, 0.3) is 0 Å².